The number of hydrogen-bond donors (Lipinski definition) is 1. The van der Waals surface area contributed by atoms with Gasteiger partial charge in [-0.15, -0.1) is 0 Å². The van der Waals surface area contributed by atoms with Crippen LogP contribution in [0.5, 0.6) is 0 Å². The second-order valence-electron chi connectivity index (χ2n) is 4.37. The van der Waals surface area contributed by atoms with Gasteiger partial charge in [0.2, 0.25) is 0 Å². The average Bonchev–Trinajstić information content (AvgIpc) is 2.82. The van der Waals surface area contributed by atoms with E-state index in [1.165, 1.54) is 0 Å². The lowest BCUT2D eigenvalue weighted by molar-refractivity contribution is 0.0803. The Labute approximate surface area is 109 Å². The molecule has 0 amide bonds. The maximum absolute atomic E-state index is 13.7. The summed E-state index contributed by atoms with van der Waals surface area (Å²) in [5.74, 6) is -0.368. The van der Waals surface area contributed by atoms with Crippen molar-refractivity contribution in [2.75, 3.05) is 6.61 Å². The van der Waals surface area contributed by atoms with Crippen molar-refractivity contribution in [2.45, 2.75) is 37.9 Å². The molecule has 1 aliphatic heterocycles. The lowest BCUT2D eigenvalue weighted by atomic mass is 10.0. The second-order valence-corrected chi connectivity index (χ2v) is 5.23. The van der Waals surface area contributed by atoms with Gasteiger partial charge >= 0.3 is 0 Å². The third-order valence-corrected chi connectivity index (χ3v) is 3.74. The van der Waals surface area contributed by atoms with Gasteiger partial charge in [-0.25, -0.2) is 4.39 Å². The van der Waals surface area contributed by atoms with Crippen molar-refractivity contribution in [2.24, 2.45) is 0 Å². The van der Waals surface area contributed by atoms with E-state index in [2.05, 4.69) is 15.9 Å². The minimum Gasteiger partial charge on any atom is -0.388 e. The van der Waals surface area contributed by atoms with Crippen LogP contribution in [0.4, 0.5) is 4.39 Å². The second kappa shape index (κ2) is 5.94. The molecule has 0 radical (unpaired) electrons. The first-order valence-electron chi connectivity index (χ1n) is 5.92. The summed E-state index contributed by atoms with van der Waals surface area (Å²) in [4.78, 5) is 0. The van der Waals surface area contributed by atoms with Crippen LogP contribution in [0.3, 0.4) is 0 Å². The van der Waals surface area contributed by atoms with Gasteiger partial charge in [0.15, 0.2) is 0 Å². The first-order valence-corrected chi connectivity index (χ1v) is 6.71. The molecule has 2 unspecified atom stereocenters. The monoisotopic (exact) mass is 302 g/mol. The molecule has 1 fully saturated rings. The van der Waals surface area contributed by atoms with Crippen molar-refractivity contribution in [1.29, 1.82) is 0 Å². The maximum atomic E-state index is 13.7. The van der Waals surface area contributed by atoms with Crippen LogP contribution in [0.1, 0.15) is 37.4 Å². The van der Waals surface area contributed by atoms with Crippen LogP contribution in [0.2, 0.25) is 0 Å². The SMILES string of the molecule is OC(CCC1CCCO1)c1cccc(Br)c1F. The van der Waals surface area contributed by atoms with Gasteiger partial charge in [-0.1, -0.05) is 12.1 Å². The lowest BCUT2D eigenvalue weighted by Gasteiger charge is -2.15. The quantitative estimate of drug-likeness (QED) is 0.921. The Kier molecular flexibility index (Phi) is 4.54. The Balaban J connectivity index is 1.94. The van der Waals surface area contributed by atoms with Gasteiger partial charge in [0.25, 0.3) is 0 Å². The third kappa shape index (κ3) is 3.27. The van der Waals surface area contributed by atoms with Gasteiger partial charge in [0.1, 0.15) is 5.82 Å². The van der Waals surface area contributed by atoms with E-state index in [1.54, 1.807) is 18.2 Å². The van der Waals surface area contributed by atoms with Gasteiger partial charge in [0.05, 0.1) is 16.7 Å². The zero-order valence-corrected chi connectivity index (χ0v) is 11.1. The molecule has 4 heteroatoms. The van der Waals surface area contributed by atoms with Crippen molar-refractivity contribution >= 4 is 15.9 Å². The largest absolute Gasteiger partial charge is 0.388 e. The van der Waals surface area contributed by atoms with Gasteiger partial charge in [-0.2, -0.15) is 0 Å². The first-order chi connectivity index (χ1) is 8.18. The number of benzene rings is 1. The van der Waals surface area contributed by atoms with Crippen molar-refractivity contribution < 1.29 is 14.2 Å². The first kappa shape index (κ1) is 13.0. The van der Waals surface area contributed by atoms with E-state index in [4.69, 9.17) is 4.74 Å². The summed E-state index contributed by atoms with van der Waals surface area (Å²) in [6.45, 7) is 0.812. The fourth-order valence-electron chi connectivity index (χ4n) is 2.15. The third-order valence-electron chi connectivity index (χ3n) is 3.13. The molecule has 0 aliphatic carbocycles. The Hall–Kier alpha value is -0.450. The summed E-state index contributed by atoms with van der Waals surface area (Å²) in [6, 6.07) is 4.99. The minimum absolute atomic E-state index is 0.236. The van der Waals surface area contributed by atoms with E-state index in [-0.39, 0.29) is 11.9 Å². The van der Waals surface area contributed by atoms with E-state index in [0.717, 1.165) is 25.9 Å². The average molecular weight is 303 g/mol. The number of aliphatic hydroxyl groups excluding tert-OH is 1. The zero-order valence-electron chi connectivity index (χ0n) is 9.53. The van der Waals surface area contributed by atoms with Crippen LogP contribution in [-0.4, -0.2) is 17.8 Å². The molecule has 1 saturated heterocycles. The number of ether oxygens (including phenoxy) is 1. The summed E-state index contributed by atoms with van der Waals surface area (Å²) in [5, 5.41) is 9.97. The highest BCUT2D eigenvalue weighted by molar-refractivity contribution is 9.10. The van der Waals surface area contributed by atoms with Gasteiger partial charge in [-0.05, 0) is 47.7 Å². The van der Waals surface area contributed by atoms with E-state index < -0.39 is 6.10 Å². The number of halogens is 2. The molecule has 0 spiro atoms. The van der Waals surface area contributed by atoms with Crippen LogP contribution >= 0.6 is 15.9 Å². The molecule has 0 saturated carbocycles. The molecule has 2 nitrogen and oxygen atoms in total. The summed E-state index contributed by atoms with van der Waals surface area (Å²) in [7, 11) is 0. The van der Waals surface area contributed by atoms with Crippen molar-refractivity contribution in [3.63, 3.8) is 0 Å². The minimum atomic E-state index is -0.753. The van der Waals surface area contributed by atoms with Crippen molar-refractivity contribution in [3.8, 4) is 0 Å². The molecule has 2 atom stereocenters. The van der Waals surface area contributed by atoms with E-state index in [0.29, 0.717) is 16.5 Å². The van der Waals surface area contributed by atoms with E-state index in [9.17, 15) is 9.50 Å². The fraction of sp³-hybridized carbons (Fsp3) is 0.538. The summed E-state index contributed by atoms with van der Waals surface area (Å²) < 4.78 is 19.6. The molecule has 2 rings (SSSR count). The zero-order chi connectivity index (χ0) is 12.3. The smallest absolute Gasteiger partial charge is 0.143 e. The molecule has 94 valence electrons. The topological polar surface area (TPSA) is 29.5 Å². The van der Waals surface area contributed by atoms with Crippen LogP contribution in [0.15, 0.2) is 22.7 Å². The predicted molar refractivity (Wildman–Crippen MR) is 67.3 cm³/mol. The maximum Gasteiger partial charge on any atom is 0.143 e. The van der Waals surface area contributed by atoms with Gasteiger partial charge in [-0.3, -0.25) is 0 Å². The summed E-state index contributed by atoms with van der Waals surface area (Å²) in [5.41, 5.74) is 0.359. The normalized spacial score (nSPS) is 21.7. The lowest BCUT2D eigenvalue weighted by Crippen LogP contribution is -2.09. The molecule has 1 aliphatic rings. The predicted octanol–water partition coefficient (Wildman–Crippen LogP) is 3.58. The molecule has 1 aromatic rings. The van der Waals surface area contributed by atoms with E-state index >= 15 is 0 Å². The fourth-order valence-corrected chi connectivity index (χ4v) is 2.53. The van der Waals surface area contributed by atoms with Crippen molar-refractivity contribution in [3.05, 3.63) is 34.1 Å². The number of rotatable bonds is 4. The molecular formula is C13H16BrFO2. The Bertz CT molecular complexity index is 378. The molecule has 1 heterocycles. The highest BCUT2D eigenvalue weighted by Crippen LogP contribution is 2.28. The molecule has 0 aromatic heterocycles. The Morgan fingerprint density at radius 3 is 3.06 bits per heavy atom. The molecule has 0 bridgehead atoms. The number of hydrogen-bond acceptors (Lipinski definition) is 2. The molecular weight excluding hydrogens is 287 g/mol. The highest BCUT2D eigenvalue weighted by atomic mass is 79.9. The van der Waals surface area contributed by atoms with Crippen LogP contribution in [-0.2, 0) is 4.74 Å². The highest BCUT2D eigenvalue weighted by Gasteiger charge is 2.19. The van der Waals surface area contributed by atoms with Gasteiger partial charge < -0.3 is 9.84 Å². The van der Waals surface area contributed by atoms with Crippen LogP contribution in [0, 0.1) is 5.82 Å². The molecule has 17 heavy (non-hydrogen) atoms. The Morgan fingerprint density at radius 1 is 1.53 bits per heavy atom. The van der Waals surface area contributed by atoms with Crippen LogP contribution < -0.4 is 0 Å². The molecule has 1 N–H and O–H groups in total. The summed E-state index contributed by atoms with van der Waals surface area (Å²) >= 11 is 3.12. The standard InChI is InChI=1S/C13H16BrFO2/c14-11-5-1-4-10(13(11)15)12(16)7-6-9-3-2-8-17-9/h1,4-5,9,12,16H,2-3,6-8H2. The van der Waals surface area contributed by atoms with Crippen molar-refractivity contribution in [1.82, 2.24) is 0 Å². The molecule has 1 aromatic carbocycles. The van der Waals surface area contributed by atoms with Gasteiger partial charge in [0, 0.05) is 12.2 Å². The van der Waals surface area contributed by atoms with E-state index in [1.807, 2.05) is 0 Å². The Morgan fingerprint density at radius 2 is 2.35 bits per heavy atom. The number of aliphatic hydroxyl groups is 1. The van der Waals surface area contributed by atoms with Crippen LogP contribution in [0.25, 0.3) is 0 Å². The summed E-state index contributed by atoms with van der Waals surface area (Å²) in [6.07, 6.45) is 2.95.